The first-order valence-electron chi connectivity index (χ1n) is 13.0. The number of rotatable bonds is 10. The van der Waals surface area contributed by atoms with Crippen LogP contribution in [0.1, 0.15) is 60.6 Å². The van der Waals surface area contributed by atoms with E-state index in [1.54, 1.807) is 30.3 Å². The Morgan fingerprint density at radius 3 is 2.31 bits per heavy atom. The molecular weight excluding hydrogens is 478 g/mol. The number of Topliss-reactive ketones (excluding diaryl/α,β-unsaturated/α-hetero) is 1. The fourth-order valence-electron chi connectivity index (χ4n) is 5.03. The Hall–Kier alpha value is -2.61. The third-order valence-corrected chi connectivity index (χ3v) is 7.57. The summed E-state index contributed by atoms with van der Waals surface area (Å²) >= 11 is 6.42. The number of benzene rings is 2. The van der Waals surface area contributed by atoms with Crippen molar-refractivity contribution in [3.05, 3.63) is 58.6 Å². The number of likely N-dealkylation sites (tertiary alicyclic amines) is 1. The number of amides is 1. The zero-order valence-electron chi connectivity index (χ0n) is 20.5. The number of nitrogens with zero attached hydrogens (tertiary/aromatic N) is 2. The number of ether oxygens (including phenoxy) is 1. The lowest BCUT2D eigenvalue weighted by atomic mass is 10.0. The first-order valence-corrected chi connectivity index (χ1v) is 13.4. The van der Waals surface area contributed by atoms with Crippen molar-refractivity contribution in [3.8, 4) is 5.75 Å². The van der Waals surface area contributed by atoms with Crippen molar-refractivity contribution in [3.63, 3.8) is 0 Å². The van der Waals surface area contributed by atoms with E-state index in [0.29, 0.717) is 28.4 Å². The number of hydrogen-bond donors (Lipinski definition) is 2. The zero-order valence-corrected chi connectivity index (χ0v) is 21.3. The average Bonchev–Trinajstić information content (AvgIpc) is 3.31. The van der Waals surface area contributed by atoms with E-state index in [9.17, 15) is 14.7 Å². The predicted molar refractivity (Wildman–Crippen MR) is 140 cm³/mol. The van der Waals surface area contributed by atoms with Gasteiger partial charge in [-0.25, -0.2) is 0 Å². The van der Waals surface area contributed by atoms with Gasteiger partial charge in [0, 0.05) is 30.9 Å². The van der Waals surface area contributed by atoms with Gasteiger partial charge in [0.25, 0.3) is 5.91 Å². The number of aliphatic hydroxyl groups excluding tert-OH is 1. The van der Waals surface area contributed by atoms with Crippen LogP contribution in [0.3, 0.4) is 0 Å². The van der Waals surface area contributed by atoms with E-state index < -0.39 is 23.8 Å². The fraction of sp³-hybridized carbons (Fsp3) is 0.500. The van der Waals surface area contributed by atoms with Gasteiger partial charge in [-0.2, -0.15) is 0 Å². The van der Waals surface area contributed by atoms with Crippen LogP contribution in [0.5, 0.6) is 5.75 Å². The summed E-state index contributed by atoms with van der Waals surface area (Å²) in [6.45, 7) is 4.29. The summed E-state index contributed by atoms with van der Waals surface area (Å²) in [6, 6.07) is 11.8. The summed E-state index contributed by atoms with van der Waals surface area (Å²) in [4.78, 5) is 30.4. The minimum absolute atomic E-state index is 0.218. The number of halogens is 1. The van der Waals surface area contributed by atoms with Gasteiger partial charge in [0.05, 0.1) is 17.2 Å². The van der Waals surface area contributed by atoms with Crippen molar-refractivity contribution >= 4 is 29.0 Å². The molecule has 2 heterocycles. The van der Waals surface area contributed by atoms with Crippen LogP contribution in [-0.2, 0) is 4.79 Å². The third-order valence-electron chi connectivity index (χ3n) is 7.27. The Bertz CT molecular complexity index is 1080. The van der Waals surface area contributed by atoms with Crippen LogP contribution in [0.15, 0.2) is 42.5 Å². The number of ketones is 1. The fourth-order valence-corrected chi connectivity index (χ4v) is 5.26. The molecule has 192 valence electrons. The van der Waals surface area contributed by atoms with E-state index in [1.807, 2.05) is 12.1 Å². The smallest absolute Gasteiger partial charge is 0.292 e. The molecule has 2 saturated heterocycles. The molecule has 5 rings (SSSR count). The Morgan fingerprint density at radius 1 is 1.00 bits per heavy atom. The van der Waals surface area contributed by atoms with E-state index in [1.165, 1.54) is 12.8 Å². The second-order valence-electron chi connectivity index (χ2n) is 10.1. The van der Waals surface area contributed by atoms with Gasteiger partial charge in [0.2, 0.25) is 5.78 Å². The van der Waals surface area contributed by atoms with Gasteiger partial charge in [-0.3, -0.25) is 9.59 Å². The summed E-state index contributed by atoms with van der Waals surface area (Å²) in [5.41, 5.74) is 1.99. The molecule has 36 heavy (non-hydrogen) atoms. The molecule has 2 unspecified atom stereocenters. The van der Waals surface area contributed by atoms with E-state index >= 15 is 0 Å². The molecule has 1 aliphatic carbocycles. The van der Waals surface area contributed by atoms with Crippen molar-refractivity contribution < 1.29 is 19.4 Å². The molecule has 3 fully saturated rings. The number of carbonyl (C=O) groups excluding carboxylic acids is 2. The summed E-state index contributed by atoms with van der Waals surface area (Å²) in [5.74, 6) is -0.720. The molecule has 8 heteroatoms. The monoisotopic (exact) mass is 511 g/mol. The highest BCUT2D eigenvalue weighted by Crippen LogP contribution is 2.34. The van der Waals surface area contributed by atoms with E-state index in [0.717, 1.165) is 57.5 Å². The maximum Gasteiger partial charge on any atom is 0.292 e. The minimum Gasteiger partial charge on any atom is -0.489 e. The maximum atomic E-state index is 13.0. The Kier molecular flexibility index (Phi) is 7.79. The van der Waals surface area contributed by atoms with Crippen LogP contribution in [-0.4, -0.2) is 66.6 Å². The van der Waals surface area contributed by atoms with Crippen LogP contribution in [0.2, 0.25) is 5.02 Å². The van der Waals surface area contributed by atoms with Crippen LogP contribution in [0.4, 0.5) is 5.69 Å². The van der Waals surface area contributed by atoms with Crippen LogP contribution < -0.4 is 15.0 Å². The van der Waals surface area contributed by atoms with Gasteiger partial charge < -0.3 is 25.0 Å². The molecule has 3 aliphatic rings. The third kappa shape index (κ3) is 6.02. The molecule has 2 N–H and O–H groups in total. The van der Waals surface area contributed by atoms with Gasteiger partial charge in [-0.05, 0) is 93.6 Å². The lowest BCUT2D eigenvalue weighted by Crippen LogP contribution is -2.48. The Morgan fingerprint density at radius 2 is 1.67 bits per heavy atom. The molecule has 0 radical (unpaired) electrons. The molecule has 1 amide bonds. The molecule has 0 spiro atoms. The standard InChI is InChI=1S/C28H34ClN3O4/c29-23-17-20(7-12-25(23)36-22-10-11-22)26(33)24(18-31-13-1-2-14-31)30-28(35)27(34)19-5-8-21(9-6-19)32-15-3-4-16-32/h5-9,12,17,22,24,26,33H,1-4,10-11,13-16,18H2,(H,30,35). The van der Waals surface area contributed by atoms with Gasteiger partial charge in [0.15, 0.2) is 0 Å². The van der Waals surface area contributed by atoms with Crippen LogP contribution in [0.25, 0.3) is 0 Å². The topological polar surface area (TPSA) is 82.1 Å². The highest BCUT2D eigenvalue weighted by molar-refractivity contribution is 6.42. The first kappa shape index (κ1) is 25.1. The van der Waals surface area contributed by atoms with Crippen LogP contribution >= 0.6 is 11.6 Å². The second kappa shape index (κ2) is 11.2. The molecule has 1 saturated carbocycles. The number of anilines is 1. The van der Waals surface area contributed by atoms with Gasteiger partial charge in [-0.15, -0.1) is 0 Å². The molecule has 2 aliphatic heterocycles. The molecule has 0 aromatic heterocycles. The number of nitrogens with one attached hydrogen (secondary N) is 1. The largest absolute Gasteiger partial charge is 0.489 e. The second-order valence-corrected chi connectivity index (χ2v) is 10.5. The van der Waals surface area contributed by atoms with Crippen molar-refractivity contribution in [2.45, 2.75) is 56.8 Å². The first-order chi connectivity index (χ1) is 17.5. The maximum absolute atomic E-state index is 13.0. The van der Waals surface area contributed by atoms with Crippen molar-refractivity contribution in [1.82, 2.24) is 10.2 Å². The quantitative estimate of drug-likeness (QED) is 0.371. The summed E-state index contributed by atoms with van der Waals surface area (Å²) in [6.07, 6.45) is 5.76. The van der Waals surface area contributed by atoms with E-state index in [2.05, 4.69) is 15.1 Å². The van der Waals surface area contributed by atoms with Crippen molar-refractivity contribution in [2.75, 3.05) is 37.6 Å². The van der Waals surface area contributed by atoms with Crippen molar-refractivity contribution in [1.29, 1.82) is 0 Å². The van der Waals surface area contributed by atoms with Gasteiger partial charge >= 0.3 is 0 Å². The molecule has 0 bridgehead atoms. The van der Waals surface area contributed by atoms with Gasteiger partial charge in [0.1, 0.15) is 11.9 Å². The molecule has 7 nitrogen and oxygen atoms in total. The Balaban J connectivity index is 1.28. The predicted octanol–water partition coefficient (Wildman–Crippen LogP) is 3.98. The zero-order chi connectivity index (χ0) is 25.1. The number of hydrogen-bond acceptors (Lipinski definition) is 6. The highest BCUT2D eigenvalue weighted by atomic mass is 35.5. The number of aliphatic hydroxyl groups is 1. The molecule has 2 aromatic carbocycles. The lowest BCUT2D eigenvalue weighted by Gasteiger charge is -2.28. The number of carbonyl (C=O) groups is 2. The van der Waals surface area contributed by atoms with E-state index in [4.69, 9.17) is 16.3 Å². The molecule has 2 aromatic rings. The minimum atomic E-state index is -1.02. The SMILES string of the molecule is O=C(NC(CN1CCCC1)C(O)c1ccc(OC2CC2)c(Cl)c1)C(=O)c1ccc(N2CCCC2)cc1. The summed E-state index contributed by atoms with van der Waals surface area (Å²) < 4.78 is 5.81. The van der Waals surface area contributed by atoms with E-state index in [-0.39, 0.29) is 6.10 Å². The highest BCUT2D eigenvalue weighted by Gasteiger charge is 2.30. The van der Waals surface area contributed by atoms with Crippen LogP contribution in [0, 0.1) is 0 Å². The normalized spacial score (nSPS) is 19.8. The van der Waals surface area contributed by atoms with Crippen molar-refractivity contribution in [2.24, 2.45) is 0 Å². The lowest BCUT2D eigenvalue weighted by molar-refractivity contribution is -0.118. The summed E-state index contributed by atoms with van der Waals surface area (Å²) in [5, 5.41) is 14.5. The summed E-state index contributed by atoms with van der Waals surface area (Å²) in [7, 11) is 0. The average molecular weight is 512 g/mol. The Labute approximate surface area is 217 Å². The van der Waals surface area contributed by atoms with Gasteiger partial charge in [-0.1, -0.05) is 17.7 Å². The molecule has 2 atom stereocenters. The molecular formula is C28H34ClN3O4.